The molecule has 1 aliphatic heterocycles. The van der Waals surface area contributed by atoms with Gasteiger partial charge in [-0.2, -0.15) is 5.10 Å². The third kappa shape index (κ3) is 8.48. The van der Waals surface area contributed by atoms with Crippen LogP contribution in [0, 0.1) is 0 Å². The molecule has 1 aliphatic rings. The number of aromatic nitrogens is 2. The number of halogens is 1. The minimum Gasteiger partial charge on any atom is -0.365 e. The van der Waals surface area contributed by atoms with E-state index in [1.807, 2.05) is 0 Å². The van der Waals surface area contributed by atoms with Crippen LogP contribution < -0.4 is 21.3 Å². The van der Waals surface area contributed by atoms with E-state index in [0.717, 1.165) is 87.9 Å². The second-order valence-electron chi connectivity index (χ2n) is 8.70. The molecule has 0 amide bonds. The van der Waals surface area contributed by atoms with E-state index in [1.165, 1.54) is 22.4 Å². The van der Waals surface area contributed by atoms with Crippen molar-refractivity contribution in [2.45, 2.75) is 25.9 Å². The number of benzene rings is 1. The largest absolute Gasteiger partial charge is 0.365 e. The van der Waals surface area contributed by atoms with Crippen LogP contribution in [0.25, 0.3) is 10.6 Å². The molecule has 0 saturated carbocycles. The summed E-state index contributed by atoms with van der Waals surface area (Å²) in [6.45, 7) is 10.2. The predicted octanol–water partition coefficient (Wildman–Crippen LogP) is 3.88. The molecule has 34 heavy (non-hydrogen) atoms. The van der Waals surface area contributed by atoms with E-state index in [4.69, 9.17) is 0 Å². The summed E-state index contributed by atoms with van der Waals surface area (Å²) in [5, 5.41) is 23.7. The number of hydrogen-bond donors (Lipinski definition) is 5. The third-order valence-electron chi connectivity index (χ3n) is 5.88. The van der Waals surface area contributed by atoms with Crippen molar-refractivity contribution < 1.29 is 0 Å². The van der Waals surface area contributed by atoms with Gasteiger partial charge in [-0.1, -0.05) is 28.1 Å². The fraction of sp³-hybridized carbons (Fsp3) is 0.480. The molecule has 0 unspecified atom stereocenters. The molecular weight excluding hydrogens is 510 g/mol. The molecule has 0 radical (unpaired) electrons. The smallest absolute Gasteiger partial charge is 0.148 e. The van der Waals surface area contributed by atoms with Gasteiger partial charge in [-0.3, -0.25) is 10.00 Å². The van der Waals surface area contributed by atoms with Gasteiger partial charge in [0.25, 0.3) is 0 Å². The lowest BCUT2D eigenvalue weighted by Gasteiger charge is -2.24. The maximum absolute atomic E-state index is 4.42. The molecule has 0 aliphatic carbocycles. The van der Waals surface area contributed by atoms with E-state index in [0.29, 0.717) is 0 Å². The fourth-order valence-corrected chi connectivity index (χ4v) is 5.44. The first-order valence-corrected chi connectivity index (χ1v) is 13.9. The van der Waals surface area contributed by atoms with Crippen LogP contribution in [0.5, 0.6) is 0 Å². The van der Waals surface area contributed by atoms with Crippen molar-refractivity contribution in [3.63, 3.8) is 0 Å². The second kappa shape index (κ2) is 14.0. The van der Waals surface area contributed by atoms with Crippen LogP contribution in [0.15, 0.2) is 46.3 Å². The summed E-state index contributed by atoms with van der Waals surface area (Å²) in [6.07, 6.45) is 2.33. The number of nitrogens with one attached hydrogen (secondary N) is 5. The lowest BCUT2D eigenvalue weighted by atomic mass is 10.1. The Labute approximate surface area is 215 Å². The van der Waals surface area contributed by atoms with E-state index in [9.17, 15) is 0 Å². The van der Waals surface area contributed by atoms with Crippen LogP contribution in [0.2, 0.25) is 0 Å². The number of aromatic amines is 1. The third-order valence-corrected chi connectivity index (χ3v) is 7.24. The Morgan fingerprint density at radius 1 is 0.912 bits per heavy atom. The van der Waals surface area contributed by atoms with E-state index in [-0.39, 0.29) is 0 Å². The molecular formula is C25H36BrN7S. The van der Waals surface area contributed by atoms with Crippen LogP contribution in [-0.2, 0) is 13.1 Å². The monoisotopic (exact) mass is 545 g/mol. The maximum Gasteiger partial charge on any atom is 0.148 e. The topological polar surface area (TPSA) is 80.0 Å². The highest BCUT2D eigenvalue weighted by molar-refractivity contribution is 9.10. The summed E-state index contributed by atoms with van der Waals surface area (Å²) in [7, 11) is 0. The quantitative estimate of drug-likeness (QED) is 0.323. The normalized spacial score (nSPS) is 17.3. The van der Waals surface area contributed by atoms with E-state index >= 15 is 0 Å². The predicted molar refractivity (Wildman–Crippen MR) is 146 cm³/mol. The molecule has 5 N–H and O–H groups in total. The zero-order valence-corrected chi connectivity index (χ0v) is 22.1. The number of nitrogens with zero attached hydrogens (tertiary/aromatic N) is 2. The lowest BCUT2D eigenvalue weighted by Crippen LogP contribution is -2.36. The van der Waals surface area contributed by atoms with Crippen molar-refractivity contribution in [1.82, 2.24) is 31.0 Å². The SMILES string of the molecule is Brc1cc(CNc2cc(-c3cccs3)[nH]n2)cc(CN2CCCNCCNCCCNCC2)c1. The Morgan fingerprint density at radius 2 is 1.71 bits per heavy atom. The van der Waals surface area contributed by atoms with Crippen molar-refractivity contribution in [3.05, 3.63) is 57.4 Å². The summed E-state index contributed by atoms with van der Waals surface area (Å²) in [4.78, 5) is 3.77. The number of hydrogen-bond acceptors (Lipinski definition) is 7. The summed E-state index contributed by atoms with van der Waals surface area (Å²) < 4.78 is 1.12. The molecule has 3 aromatic rings. The van der Waals surface area contributed by atoms with E-state index in [2.05, 4.69) is 94.1 Å². The summed E-state index contributed by atoms with van der Waals surface area (Å²) in [5.41, 5.74) is 3.64. The first-order valence-electron chi connectivity index (χ1n) is 12.2. The Morgan fingerprint density at radius 3 is 2.53 bits per heavy atom. The zero-order valence-electron chi connectivity index (χ0n) is 19.7. The molecule has 0 atom stereocenters. The van der Waals surface area contributed by atoms with Gasteiger partial charge >= 0.3 is 0 Å². The highest BCUT2D eigenvalue weighted by atomic mass is 79.9. The second-order valence-corrected chi connectivity index (χ2v) is 10.6. The molecule has 4 rings (SSSR count). The highest BCUT2D eigenvalue weighted by Gasteiger charge is 2.09. The standard InChI is InChI=1S/C25H36BrN7S/c26-22-15-20(18-30-25-17-23(31-32-25)24-4-1-13-34-24)14-21(16-22)19-33-11-3-7-28-9-8-27-5-2-6-29-10-12-33/h1,4,13-17,27-29H,2-3,5-12,18-19H2,(H2,30,31,32). The van der Waals surface area contributed by atoms with Gasteiger partial charge in [-0.05, 0) is 73.7 Å². The molecule has 9 heteroatoms. The van der Waals surface area contributed by atoms with Gasteiger partial charge in [0, 0.05) is 49.8 Å². The van der Waals surface area contributed by atoms with Crippen molar-refractivity contribution >= 4 is 33.1 Å². The molecule has 184 valence electrons. The molecule has 1 saturated heterocycles. The number of anilines is 1. The number of thiophene rings is 1. The molecule has 0 spiro atoms. The highest BCUT2D eigenvalue weighted by Crippen LogP contribution is 2.25. The Balaban J connectivity index is 1.33. The van der Waals surface area contributed by atoms with Gasteiger partial charge in [-0.25, -0.2) is 0 Å². The van der Waals surface area contributed by atoms with Crippen molar-refractivity contribution in [2.75, 3.05) is 57.7 Å². The summed E-state index contributed by atoms with van der Waals surface area (Å²) in [5.74, 6) is 0.869. The Kier molecular flexibility index (Phi) is 10.4. The number of H-pyrrole nitrogens is 1. The minimum atomic E-state index is 0.737. The molecule has 0 bridgehead atoms. The van der Waals surface area contributed by atoms with Crippen LogP contribution in [0.4, 0.5) is 5.82 Å². The molecule has 7 nitrogen and oxygen atoms in total. The Hall–Kier alpha value is -1.75. The molecule has 1 aromatic carbocycles. The average molecular weight is 547 g/mol. The summed E-state index contributed by atoms with van der Waals surface area (Å²) >= 11 is 5.44. The van der Waals surface area contributed by atoms with Gasteiger partial charge in [0.1, 0.15) is 5.82 Å². The van der Waals surface area contributed by atoms with Gasteiger partial charge in [0.05, 0.1) is 10.6 Å². The van der Waals surface area contributed by atoms with Crippen molar-refractivity contribution in [2.24, 2.45) is 0 Å². The maximum atomic E-state index is 4.42. The average Bonchev–Trinajstić information content (AvgIpc) is 3.52. The van der Waals surface area contributed by atoms with Crippen molar-refractivity contribution in [3.8, 4) is 10.6 Å². The Bertz CT molecular complexity index is 962. The zero-order chi connectivity index (χ0) is 23.4. The fourth-order valence-electron chi connectivity index (χ4n) is 4.16. The number of rotatable bonds is 6. The van der Waals surface area contributed by atoms with E-state index < -0.39 is 0 Å². The van der Waals surface area contributed by atoms with Crippen LogP contribution >= 0.6 is 27.3 Å². The molecule has 3 heterocycles. The van der Waals surface area contributed by atoms with Gasteiger partial charge in [-0.15, -0.1) is 11.3 Å². The van der Waals surface area contributed by atoms with Gasteiger partial charge in [0.2, 0.25) is 0 Å². The van der Waals surface area contributed by atoms with Crippen molar-refractivity contribution in [1.29, 1.82) is 0 Å². The summed E-state index contributed by atoms with van der Waals surface area (Å²) in [6, 6.07) is 13.0. The molecule has 1 fully saturated rings. The van der Waals surface area contributed by atoms with Gasteiger partial charge in [0.15, 0.2) is 0 Å². The lowest BCUT2D eigenvalue weighted by molar-refractivity contribution is 0.260. The minimum absolute atomic E-state index is 0.737. The van der Waals surface area contributed by atoms with Crippen LogP contribution in [-0.4, -0.2) is 67.5 Å². The van der Waals surface area contributed by atoms with E-state index in [1.54, 1.807) is 11.3 Å². The van der Waals surface area contributed by atoms with Crippen LogP contribution in [0.3, 0.4) is 0 Å². The van der Waals surface area contributed by atoms with Gasteiger partial charge < -0.3 is 21.3 Å². The molecule has 2 aromatic heterocycles. The van der Waals surface area contributed by atoms with Crippen LogP contribution in [0.1, 0.15) is 24.0 Å². The first kappa shape index (κ1) is 25.3. The first-order chi connectivity index (χ1) is 16.8.